The first-order valence-electron chi connectivity index (χ1n) is 7.64. The Kier molecular flexibility index (Phi) is 4.04. The predicted molar refractivity (Wildman–Crippen MR) is 82.9 cm³/mol. The smallest absolute Gasteiger partial charge is 0.252 e. The maximum atomic E-state index is 12.3. The van der Waals surface area contributed by atoms with Crippen molar-refractivity contribution < 1.29 is 18.0 Å². The van der Waals surface area contributed by atoms with Gasteiger partial charge in [0, 0.05) is 18.5 Å². The van der Waals surface area contributed by atoms with Gasteiger partial charge in [0.15, 0.2) is 15.6 Å². The molecular formula is C16H19NO4S. The first-order valence-corrected chi connectivity index (χ1v) is 9.35. The largest absolute Gasteiger partial charge is 0.352 e. The predicted octanol–water partition coefficient (Wildman–Crippen LogP) is 1.51. The van der Waals surface area contributed by atoms with Crippen LogP contribution in [0.25, 0.3) is 0 Å². The van der Waals surface area contributed by atoms with E-state index in [2.05, 4.69) is 5.32 Å². The summed E-state index contributed by atoms with van der Waals surface area (Å²) in [7, 11) is -2.97. The molecule has 0 bridgehead atoms. The number of benzene rings is 1. The molecule has 0 spiro atoms. The Hall–Kier alpha value is -1.69. The van der Waals surface area contributed by atoms with Gasteiger partial charge in [-0.15, -0.1) is 0 Å². The highest BCUT2D eigenvalue weighted by molar-refractivity contribution is 7.92. The topological polar surface area (TPSA) is 80.3 Å². The molecule has 5 nitrogen and oxygen atoms in total. The summed E-state index contributed by atoms with van der Waals surface area (Å²) < 4.78 is 23.5. The van der Waals surface area contributed by atoms with Crippen molar-refractivity contribution in [3.05, 3.63) is 34.9 Å². The minimum absolute atomic E-state index is 0.0131. The van der Waals surface area contributed by atoms with Crippen molar-refractivity contribution in [1.29, 1.82) is 0 Å². The molecule has 1 aliphatic heterocycles. The Labute approximate surface area is 130 Å². The molecule has 1 heterocycles. The zero-order chi connectivity index (χ0) is 15.7. The quantitative estimate of drug-likeness (QED) is 0.911. The van der Waals surface area contributed by atoms with E-state index in [1.165, 1.54) is 0 Å². The van der Waals surface area contributed by atoms with Gasteiger partial charge in [-0.05, 0) is 37.3 Å². The van der Waals surface area contributed by atoms with Crippen molar-refractivity contribution in [3.8, 4) is 0 Å². The van der Waals surface area contributed by atoms with Gasteiger partial charge in [0.1, 0.15) is 0 Å². The maximum Gasteiger partial charge on any atom is 0.252 e. The van der Waals surface area contributed by atoms with E-state index in [0.717, 1.165) is 5.56 Å². The fourth-order valence-electron chi connectivity index (χ4n) is 3.32. The first kappa shape index (κ1) is 15.2. The highest BCUT2D eigenvalue weighted by Gasteiger charge is 2.31. The fraction of sp³-hybridized carbons (Fsp3) is 0.500. The summed E-state index contributed by atoms with van der Waals surface area (Å²) in [6.07, 6.45) is 2.98. The highest BCUT2D eigenvalue weighted by Crippen LogP contribution is 2.25. The molecule has 1 unspecified atom stereocenters. The molecule has 0 radical (unpaired) electrons. The van der Waals surface area contributed by atoms with Crippen LogP contribution < -0.4 is 5.32 Å². The summed E-state index contributed by atoms with van der Waals surface area (Å²) in [5.41, 5.74) is 1.87. The van der Waals surface area contributed by atoms with Crippen molar-refractivity contribution in [2.75, 3.05) is 12.3 Å². The van der Waals surface area contributed by atoms with Crippen molar-refractivity contribution in [3.63, 3.8) is 0 Å². The Bertz CT molecular complexity index is 724. The molecule has 118 valence electrons. The number of carbonyl (C=O) groups excluding carboxylic acids is 2. The van der Waals surface area contributed by atoms with Gasteiger partial charge in [-0.2, -0.15) is 0 Å². The highest BCUT2D eigenvalue weighted by atomic mass is 32.2. The standard InChI is InChI=1S/C16H19NO4S/c18-14-7-6-11-3-1-5-13(15(11)14)16(19)17-9-8-12-4-2-10-22(12,20)21/h1,3,5,12H,2,4,6-10H2,(H,17,19). The summed E-state index contributed by atoms with van der Waals surface area (Å²) in [6.45, 7) is 0.320. The summed E-state index contributed by atoms with van der Waals surface area (Å²) >= 11 is 0. The van der Waals surface area contributed by atoms with Crippen LogP contribution in [0.4, 0.5) is 0 Å². The Morgan fingerprint density at radius 1 is 1.27 bits per heavy atom. The molecule has 1 aromatic carbocycles. The lowest BCUT2D eigenvalue weighted by atomic mass is 10.0. The average molecular weight is 321 g/mol. The third-order valence-corrected chi connectivity index (χ3v) is 6.86. The molecule has 2 aliphatic rings. The summed E-state index contributed by atoms with van der Waals surface area (Å²) in [6, 6.07) is 5.32. The zero-order valence-electron chi connectivity index (χ0n) is 12.3. The molecule has 1 aromatic rings. The number of aryl methyl sites for hydroxylation is 1. The summed E-state index contributed by atoms with van der Waals surface area (Å²) in [5.74, 6) is -0.0200. The number of nitrogens with one attached hydrogen (secondary N) is 1. The van der Waals surface area contributed by atoms with E-state index in [0.29, 0.717) is 49.8 Å². The second-order valence-electron chi connectivity index (χ2n) is 5.94. The molecule has 22 heavy (non-hydrogen) atoms. The average Bonchev–Trinajstić information content (AvgIpc) is 3.02. The van der Waals surface area contributed by atoms with E-state index >= 15 is 0 Å². The number of fused-ring (bicyclic) bond motifs is 1. The second-order valence-corrected chi connectivity index (χ2v) is 8.34. The molecule has 1 fully saturated rings. The molecule has 1 amide bonds. The van der Waals surface area contributed by atoms with Crippen LogP contribution in [0.2, 0.25) is 0 Å². The number of hydrogen-bond donors (Lipinski definition) is 1. The van der Waals surface area contributed by atoms with Gasteiger partial charge < -0.3 is 5.32 Å². The van der Waals surface area contributed by atoms with E-state index < -0.39 is 9.84 Å². The SMILES string of the molecule is O=C(NCCC1CCCS1(=O)=O)c1cccc2c1C(=O)CC2. The molecule has 1 atom stereocenters. The maximum absolute atomic E-state index is 12.3. The molecule has 0 saturated carbocycles. The van der Waals surface area contributed by atoms with Gasteiger partial charge in [-0.3, -0.25) is 9.59 Å². The number of sulfone groups is 1. The van der Waals surface area contributed by atoms with Crippen LogP contribution in [0, 0.1) is 0 Å². The van der Waals surface area contributed by atoms with Gasteiger partial charge in [0.2, 0.25) is 0 Å². The van der Waals surface area contributed by atoms with Gasteiger partial charge in [0.05, 0.1) is 16.6 Å². The van der Waals surface area contributed by atoms with E-state index in [-0.39, 0.29) is 22.7 Å². The second kappa shape index (κ2) is 5.83. The minimum atomic E-state index is -2.97. The van der Waals surface area contributed by atoms with Crippen LogP contribution in [0.5, 0.6) is 0 Å². The number of ketones is 1. The lowest BCUT2D eigenvalue weighted by Crippen LogP contribution is -2.29. The lowest BCUT2D eigenvalue weighted by Gasteiger charge is -2.11. The number of amides is 1. The molecule has 3 rings (SSSR count). The Morgan fingerprint density at radius 2 is 2.09 bits per heavy atom. The van der Waals surface area contributed by atoms with Crippen molar-refractivity contribution in [1.82, 2.24) is 5.32 Å². The molecule has 1 saturated heterocycles. The van der Waals surface area contributed by atoms with Crippen LogP contribution in [0.15, 0.2) is 18.2 Å². The van der Waals surface area contributed by atoms with E-state index in [9.17, 15) is 18.0 Å². The monoisotopic (exact) mass is 321 g/mol. The van der Waals surface area contributed by atoms with Crippen LogP contribution in [0.1, 0.15) is 52.0 Å². The van der Waals surface area contributed by atoms with Crippen LogP contribution in [-0.4, -0.2) is 37.7 Å². The van der Waals surface area contributed by atoms with E-state index in [1.807, 2.05) is 6.07 Å². The molecule has 0 aromatic heterocycles. The number of carbonyl (C=O) groups is 2. The first-order chi connectivity index (χ1) is 10.5. The van der Waals surface area contributed by atoms with Crippen LogP contribution >= 0.6 is 0 Å². The minimum Gasteiger partial charge on any atom is -0.352 e. The van der Waals surface area contributed by atoms with E-state index in [1.54, 1.807) is 12.1 Å². The number of Topliss-reactive ketones (excluding diaryl/α,β-unsaturated/α-hetero) is 1. The molecular weight excluding hydrogens is 302 g/mol. The van der Waals surface area contributed by atoms with Crippen molar-refractivity contribution >= 4 is 21.5 Å². The fourth-order valence-corrected chi connectivity index (χ4v) is 5.23. The molecule has 1 aliphatic carbocycles. The number of hydrogen-bond acceptors (Lipinski definition) is 4. The Balaban J connectivity index is 1.64. The summed E-state index contributed by atoms with van der Waals surface area (Å²) in [4.78, 5) is 24.2. The van der Waals surface area contributed by atoms with Gasteiger partial charge in [-0.1, -0.05) is 12.1 Å². The number of rotatable bonds is 4. The third kappa shape index (κ3) is 2.79. The molecule has 6 heteroatoms. The van der Waals surface area contributed by atoms with E-state index in [4.69, 9.17) is 0 Å². The van der Waals surface area contributed by atoms with Crippen molar-refractivity contribution in [2.24, 2.45) is 0 Å². The van der Waals surface area contributed by atoms with Crippen LogP contribution in [0.3, 0.4) is 0 Å². The third-order valence-electron chi connectivity index (χ3n) is 4.51. The Morgan fingerprint density at radius 3 is 2.82 bits per heavy atom. The molecule has 1 N–H and O–H groups in total. The van der Waals surface area contributed by atoms with Gasteiger partial charge >= 0.3 is 0 Å². The summed E-state index contributed by atoms with van der Waals surface area (Å²) in [5, 5.41) is 2.42. The van der Waals surface area contributed by atoms with Crippen molar-refractivity contribution in [2.45, 2.75) is 37.4 Å². The normalized spacial score (nSPS) is 22.5. The van der Waals surface area contributed by atoms with Gasteiger partial charge in [-0.25, -0.2) is 8.42 Å². The lowest BCUT2D eigenvalue weighted by molar-refractivity contribution is 0.0935. The van der Waals surface area contributed by atoms with Crippen LogP contribution in [-0.2, 0) is 16.3 Å². The zero-order valence-corrected chi connectivity index (χ0v) is 13.1. The van der Waals surface area contributed by atoms with Gasteiger partial charge in [0.25, 0.3) is 5.91 Å².